The average Bonchev–Trinajstić information content (AvgIpc) is 2.34. The maximum atomic E-state index is 8.60. The normalized spacial score (nSPS) is 10.1. The molecule has 0 aliphatic heterocycles. The average molecular weight is 221 g/mol. The molecule has 1 rings (SSSR count). The lowest BCUT2D eigenvalue weighted by atomic mass is 10.6. The van der Waals surface area contributed by atoms with Crippen LogP contribution in [-0.2, 0) is 6.54 Å². The van der Waals surface area contributed by atoms with Crippen LogP contribution in [0.15, 0.2) is 10.8 Å². The number of halogens is 1. The second-order valence-corrected chi connectivity index (χ2v) is 2.70. The Morgan fingerprint density at radius 3 is 3.00 bits per heavy atom. The fourth-order valence-electron chi connectivity index (χ4n) is 0.741. The molecule has 0 spiro atoms. The summed E-state index contributed by atoms with van der Waals surface area (Å²) in [6, 6.07) is 0. The van der Waals surface area contributed by atoms with Crippen LogP contribution in [0.25, 0.3) is 0 Å². The highest BCUT2D eigenvalue weighted by molar-refractivity contribution is 9.10. The molecule has 4 nitrogen and oxygen atoms in total. The van der Waals surface area contributed by atoms with Crippen molar-refractivity contribution in [3.8, 4) is 5.75 Å². The molecule has 1 heterocycles. The van der Waals surface area contributed by atoms with Crippen molar-refractivity contribution in [2.45, 2.75) is 6.54 Å². The molecule has 0 fully saturated rings. The molecule has 5 heteroatoms. The predicted molar refractivity (Wildman–Crippen MR) is 43.6 cm³/mol. The molecule has 0 bridgehead atoms. The van der Waals surface area contributed by atoms with E-state index in [1.54, 1.807) is 18.0 Å². The summed E-state index contributed by atoms with van der Waals surface area (Å²) in [4.78, 5) is 0. The Morgan fingerprint density at radius 1 is 1.82 bits per heavy atom. The van der Waals surface area contributed by atoms with Gasteiger partial charge in [0.2, 0.25) is 0 Å². The quantitative estimate of drug-likeness (QED) is 0.814. The molecular formula is C6H9BrN2O2. The van der Waals surface area contributed by atoms with Crippen LogP contribution in [0.1, 0.15) is 0 Å². The third-order valence-corrected chi connectivity index (χ3v) is 2.08. The molecule has 0 unspecified atom stereocenters. The molecular weight excluding hydrogens is 212 g/mol. The summed E-state index contributed by atoms with van der Waals surface area (Å²) in [5.74, 6) is 0.679. The predicted octanol–water partition coefficient (Wildman–Crippen LogP) is 0.647. The van der Waals surface area contributed by atoms with Crippen LogP contribution < -0.4 is 4.74 Å². The fourth-order valence-corrected chi connectivity index (χ4v) is 1.27. The zero-order chi connectivity index (χ0) is 8.27. The van der Waals surface area contributed by atoms with E-state index in [-0.39, 0.29) is 6.61 Å². The van der Waals surface area contributed by atoms with Crippen LogP contribution in [0.5, 0.6) is 5.75 Å². The first-order valence-electron chi connectivity index (χ1n) is 3.15. The Bertz CT molecular complexity index is 236. The number of aliphatic hydroxyl groups is 1. The van der Waals surface area contributed by atoms with Crippen molar-refractivity contribution in [1.82, 2.24) is 9.78 Å². The molecule has 0 saturated heterocycles. The summed E-state index contributed by atoms with van der Waals surface area (Å²) in [6.07, 6.45) is 1.60. The highest BCUT2D eigenvalue weighted by Gasteiger charge is 2.05. The Labute approximate surface area is 72.9 Å². The fraction of sp³-hybridized carbons (Fsp3) is 0.500. The second kappa shape index (κ2) is 3.73. The van der Waals surface area contributed by atoms with E-state index in [1.165, 1.54) is 0 Å². The SMILES string of the molecule is COc1cnn(CCO)c1Br. The summed E-state index contributed by atoms with van der Waals surface area (Å²) in [7, 11) is 1.57. The maximum absolute atomic E-state index is 8.60. The van der Waals surface area contributed by atoms with E-state index in [0.717, 1.165) is 4.60 Å². The van der Waals surface area contributed by atoms with Crippen molar-refractivity contribution >= 4 is 15.9 Å². The second-order valence-electron chi connectivity index (χ2n) is 1.95. The summed E-state index contributed by atoms with van der Waals surface area (Å²) < 4.78 is 7.34. The van der Waals surface area contributed by atoms with Crippen molar-refractivity contribution < 1.29 is 9.84 Å². The van der Waals surface area contributed by atoms with Crippen LogP contribution >= 0.6 is 15.9 Å². The van der Waals surface area contributed by atoms with Gasteiger partial charge in [0.05, 0.1) is 26.5 Å². The van der Waals surface area contributed by atoms with E-state index in [1.807, 2.05) is 0 Å². The van der Waals surface area contributed by atoms with Crippen LogP contribution in [-0.4, -0.2) is 28.6 Å². The number of nitrogens with zero attached hydrogens (tertiary/aromatic N) is 2. The Morgan fingerprint density at radius 2 is 2.55 bits per heavy atom. The van der Waals surface area contributed by atoms with Crippen LogP contribution in [0.3, 0.4) is 0 Å². The van der Waals surface area contributed by atoms with Gasteiger partial charge >= 0.3 is 0 Å². The van der Waals surface area contributed by atoms with Gasteiger partial charge in [-0.05, 0) is 15.9 Å². The minimum atomic E-state index is 0.0729. The monoisotopic (exact) mass is 220 g/mol. The van der Waals surface area contributed by atoms with Crippen molar-refractivity contribution in [3.63, 3.8) is 0 Å². The molecule has 0 radical (unpaired) electrons. The van der Waals surface area contributed by atoms with E-state index in [0.29, 0.717) is 12.3 Å². The molecule has 62 valence electrons. The summed E-state index contributed by atoms with van der Waals surface area (Å²) in [5.41, 5.74) is 0. The molecule has 0 aliphatic carbocycles. The highest BCUT2D eigenvalue weighted by Crippen LogP contribution is 2.23. The van der Waals surface area contributed by atoms with Gasteiger partial charge in [0.15, 0.2) is 5.75 Å². The van der Waals surface area contributed by atoms with E-state index >= 15 is 0 Å². The van der Waals surface area contributed by atoms with Gasteiger partial charge in [0.1, 0.15) is 4.60 Å². The molecule has 0 aliphatic rings. The minimum Gasteiger partial charge on any atom is -0.492 e. The molecule has 1 N–H and O–H groups in total. The topological polar surface area (TPSA) is 47.3 Å². The number of ether oxygens (including phenoxy) is 1. The summed E-state index contributed by atoms with van der Waals surface area (Å²) >= 11 is 3.28. The summed E-state index contributed by atoms with van der Waals surface area (Å²) in [5, 5.41) is 12.6. The van der Waals surface area contributed by atoms with Gasteiger partial charge in [-0.1, -0.05) is 0 Å². The molecule has 1 aromatic rings. The van der Waals surface area contributed by atoms with Crippen LogP contribution in [0, 0.1) is 0 Å². The van der Waals surface area contributed by atoms with Crippen molar-refractivity contribution in [2.75, 3.05) is 13.7 Å². The first-order valence-corrected chi connectivity index (χ1v) is 3.95. The highest BCUT2D eigenvalue weighted by atomic mass is 79.9. The number of rotatable bonds is 3. The van der Waals surface area contributed by atoms with E-state index in [2.05, 4.69) is 21.0 Å². The third-order valence-electron chi connectivity index (χ3n) is 1.28. The van der Waals surface area contributed by atoms with E-state index in [9.17, 15) is 0 Å². The van der Waals surface area contributed by atoms with Gasteiger partial charge in [0, 0.05) is 0 Å². The summed E-state index contributed by atoms with van der Waals surface area (Å²) in [6.45, 7) is 0.549. The van der Waals surface area contributed by atoms with Gasteiger partial charge in [-0.25, -0.2) is 0 Å². The Hall–Kier alpha value is -0.550. The molecule has 0 saturated carbocycles. The van der Waals surface area contributed by atoms with Gasteiger partial charge in [-0.2, -0.15) is 5.10 Å². The Balaban J connectivity index is 2.82. The molecule has 0 amide bonds. The molecule has 0 atom stereocenters. The van der Waals surface area contributed by atoms with Crippen molar-refractivity contribution in [2.24, 2.45) is 0 Å². The first-order chi connectivity index (χ1) is 5.29. The van der Waals surface area contributed by atoms with E-state index in [4.69, 9.17) is 9.84 Å². The van der Waals surface area contributed by atoms with Gasteiger partial charge in [-0.3, -0.25) is 4.68 Å². The standard InChI is InChI=1S/C6H9BrN2O2/c1-11-5-4-8-9(2-3-10)6(5)7/h4,10H,2-3H2,1H3. The molecule has 0 aromatic carbocycles. The van der Waals surface area contributed by atoms with Crippen molar-refractivity contribution in [1.29, 1.82) is 0 Å². The van der Waals surface area contributed by atoms with Crippen molar-refractivity contribution in [3.05, 3.63) is 10.8 Å². The zero-order valence-corrected chi connectivity index (χ0v) is 7.71. The van der Waals surface area contributed by atoms with Crippen LogP contribution in [0.2, 0.25) is 0 Å². The number of methoxy groups -OCH3 is 1. The minimum absolute atomic E-state index is 0.0729. The lowest BCUT2D eigenvalue weighted by molar-refractivity contribution is 0.267. The van der Waals surface area contributed by atoms with Gasteiger partial charge in [-0.15, -0.1) is 0 Å². The van der Waals surface area contributed by atoms with Gasteiger partial charge < -0.3 is 9.84 Å². The first kappa shape index (κ1) is 8.55. The Kier molecular flexibility index (Phi) is 2.90. The van der Waals surface area contributed by atoms with Crippen LogP contribution in [0.4, 0.5) is 0 Å². The third kappa shape index (κ3) is 1.72. The number of aliphatic hydroxyl groups excluding tert-OH is 1. The maximum Gasteiger partial charge on any atom is 0.171 e. The van der Waals surface area contributed by atoms with Gasteiger partial charge in [0.25, 0.3) is 0 Å². The number of hydrogen-bond acceptors (Lipinski definition) is 3. The molecule has 1 aromatic heterocycles. The lowest BCUT2D eigenvalue weighted by Crippen LogP contribution is -2.03. The largest absolute Gasteiger partial charge is 0.492 e. The lowest BCUT2D eigenvalue weighted by Gasteiger charge is -1.99. The number of aromatic nitrogens is 2. The molecule has 11 heavy (non-hydrogen) atoms. The zero-order valence-electron chi connectivity index (χ0n) is 6.12. The smallest absolute Gasteiger partial charge is 0.171 e. The van der Waals surface area contributed by atoms with E-state index < -0.39 is 0 Å². The number of hydrogen-bond donors (Lipinski definition) is 1.